The first-order valence-corrected chi connectivity index (χ1v) is 7.98. The molecule has 2 atom stereocenters. The molecule has 3 nitrogen and oxygen atoms in total. The normalized spacial score (nSPS) is 21.9. The zero-order valence-corrected chi connectivity index (χ0v) is 12.9. The van der Waals surface area contributed by atoms with Gasteiger partial charge in [-0.2, -0.15) is 5.10 Å². The molecule has 21 heavy (non-hydrogen) atoms. The van der Waals surface area contributed by atoms with E-state index in [1.54, 1.807) is 0 Å². The van der Waals surface area contributed by atoms with Crippen LogP contribution in [-0.2, 0) is 19.4 Å². The number of hydrogen-bond donors (Lipinski definition) is 1. The van der Waals surface area contributed by atoms with Gasteiger partial charge in [0.2, 0.25) is 0 Å². The molecule has 2 aromatic rings. The monoisotopic (exact) mass is 284 g/mol. The first kappa shape index (κ1) is 14.3. The van der Waals surface area contributed by atoms with E-state index in [2.05, 4.69) is 41.0 Å². The zero-order valence-electron chi connectivity index (χ0n) is 12.9. The van der Waals surface area contributed by atoms with Gasteiger partial charge in [-0.05, 0) is 62.6 Å². The molecule has 0 radical (unpaired) electrons. The third-order valence-corrected chi connectivity index (χ3v) is 4.60. The summed E-state index contributed by atoms with van der Waals surface area (Å²) in [6.45, 7) is 5.05. The summed E-state index contributed by atoms with van der Waals surface area (Å²) in [7, 11) is 0. The highest BCUT2D eigenvalue weighted by Gasteiger charge is 2.27. The van der Waals surface area contributed by atoms with E-state index in [0.717, 1.165) is 43.5 Å². The number of hydrogen-bond acceptors (Lipinski definition) is 2. The first-order chi connectivity index (χ1) is 10.2. The van der Waals surface area contributed by atoms with E-state index >= 15 is 0 Å². The Morgan fingerprint density at radius 3 is 2.95 bits per heavy atom. The fraction of sp³-hybridized carbons (Fsp3) is 0.500. The van der Waals surface area contributed by atoms with Gasteiger partial charge in [0.15, 0.2) is 0 Å². The van der Waals surface area contributed by atoms with Crippen molar-refractivity contribution in [1.82, 2.24) is 9.78 Å². The Kier molecular flexibility index (Phi) is 4.11. The van der Waals surface area contributed by atoms with Crippen molar-refractivity contribution in [3.8, 4) is 0 Å². The van der Waals surface area contributed by atoms with Crippen molar-refractivity contribution in [3.05, 3.63) is 52.8 Å². The van der Waals surface area contributed by atoms with Gasteiger partial charge in [-0.3, -0.25) is 4.68 Å². The molecule has 0 fully saturated rings. The lowest BCUT2D eigenvalue weighted by Crippen LogP contribution is -2.17. The predicted octanol–water partition coefficient (Wildman–Crippen LogP) is 3.44. The molecule has 112 valence electrons. The van der Waals surface area contributed by atoms with Crippen molar-refractivity contribution in [3.63, 3.8) is 0 Å². The fourth-order valence-electron chi connectivity index (χ4n) is 3.54. The highest BCUT2D eigenvalue weighted by atomic mass is 16.3. The summed E-state index contributed by atoms with van der Waals surface area (Å²) in [5, 5.41) is 15.3. The minimum Gasteiger partial charge on any atom is -0.388 e. The number of rotatable bonds is 3. The number of aliphatic hydroxyl groups is 1. The summed E-state index contributed by atoms with van der Waals surface area (Å²) in [6, 6.07) is 10.5. The maximum absolute atomic E-state index is 10.8. The van der Waals surface area contributed by atoms with Crippen molar-refractivity contribution in [2.75, 3.05) is 0 Å². The van der Waals surface area contributed by atoms with Gasteiger partial charge in [0.25, 0.3) is 0 Å². The van der Waals surface area contributed by atoms with Crippen LogP contribution >= 0.6 is 0 Å². The lowest BCUT2D eigenvalue weighted by atomic mass is 9.89. The largest absolute Gasteiger partial charge is 0.388 e. The van der Waals surface area contributed by atoms with Crippen LogP contribution in [0, 0.1) is 12.8 Å². The Balaban J connectivity index is 1.85. The van der Waals surface area contributed by atoms with Crippen molar-refractivity contribution in [2.45, 2.75) is 52.2 Å². The van der Waals surface area contributed by atoms with Crippen LogP contribution in [0.2, 0.25) is 0 Å². The quantitative estimate of drug-likeness (QED) is 0.877. The summed E-state index contributed by atoms with van der Waals surface area (Å²) in [5.41, 5.74) is 4.75. The number of benzene rings is 1. The Morgan fingerprint density at radius 2 is 2.14 bits per heavy atom. The second-order valence-electron chi connectivity index (χ2n) is 6.09. The number of aryl methyl sites for hydroxylation is 3. The Bertz CT molecular complexity index is 617. The van der Waals surface area contributed by atoms with Gasteiger partial charge in [0, 0.05) is 12.2 Å². The number of nitrogens with zero attached hydrogens (tertiary/aromatic N) is 2. The van der Waals surface area contributed by atoms with Crippen LogP contribution in [0.5, 0.6) is 0 Å². The molecule has 0 saturated heterocycles. The summed E-state index contributed by atoms with van der Waals surface area (Å²) in [4.78, 5) is 0. The average molecular weight is 284 g/mol. The molecule has 0 spiro atoms. The van der Waals surface area contributed by atoms with Gasteiger partial charge >= 0.3 is 0 Å². The molecule has 0 saturated carbocycles. The topological polar surface area (TPSA) is 38.0 Å². The third kappa shape index (κ3) is 2.88. The molecule has 0 bridgehead atoms. The fourth-order valence-corrected chi connectivity index (χ4v) is 3.54. The second-order valence-corrected chi connectivity index (χ2v) is 6.09. The van der Waals surface area contributed by atoms with Gasteiger partial charge in [-0.15, -0.1) is 0 Å². The number of fused-ring (bicyclic) bond motifs is 1. The summed E-state index contributed by atoms with van der Waals surface area (Å²) >= 11 is 0. The van der Waals surface area contributed by atoms with Gasteiger partial charge in [-0.1, -0.05) is 24.3 Å². The number of aromatic nitrogens is 2. The molecular weight excluding hydrogens is 260 g/mol. The van der Waals surface area contributed by atoms with Crippen molar-refractivity contribution in [2.24, 2.45) is 5.92 Å². The molecule has 1 aromatic carbocycles. The lowest BCUT2D eigenvalue weighted by molar-refractivity contribution is 0.104. The van der Waals surface area contributed by atoms with Crippen LogP contribution in [0.25, 0.3) is 0 Å². The van der Waals surface area contributed by atoms with E-state index < -0.39 is 0 Å². The van der Waals surface area contributed by atoms with E-state index in [1.165, 1.54) is 11.3 Å². The zero-order chi connectivity index (χ0) is 14.8. The SMILES string of the molecule is CCn1nc(C)cc1CC1CCCc2ccccc2C1O. The van der Waals surface area contributed by atoms with E-state index in [4.69, 9.17) is 0 Å². The van der Waals surface area contributed by atoms with E-state index in [9.17, 15) is 5.11 Å². The molecule has 3 heteroatoms. The molecule has 0 amide bonds. The molecule has 2 unspecified atom stereocenters. The minimum atomic E-state index is -0.357. The molecule has 1 N–H and O–H groups in total. The van der Waals surface area contributed by atoms with Gasteiger partial charge < -0.3 is 5.11 Å². The smallest absolute Gasteiger partial charge is 0.0824 e. The average Bonchev–Trinajstić information content (AvgIpc) is 2.77. The van der Waals surface area contributed by atoms with Crippen LogP contribution in [0.3, 0.4) is 0 Å². The van der Waals surface area contributed by atoms with Crippen LogP contribution in [0.1, 0.15) is 48.4 Å². The van der Waals surface area contributed by atoms with Gasteiger partial charge in [-0.25, -0.2) is 0 Å². The van der Waals surface area contributed by atoms with E-state index in [1.807, 2.05) is 13.0 Å². The van der Waals surface area contributed by atoms with Crippen molar-refractivity contribution >= 4 is 0 Å². The lowest BCUT2D eigenvalue weighted by Gasteiger charge is -2.22. The van der Waals surface area contributed by atoms with Crippen molar-refractivity contribution in [1.29, 1.82) is 0 Å². The van der Waals surface area contributed by atoms with Crippen LogP contribution in [0.4, 0.5) is 0 Å². The standard InChI is InChI=1S/C18H24N2O/c1-3-20-16(11-13(2)19-20)12-15-9-6-8-14-7-4-5-10-17(14)18(15)21/h4-5,7,10-11,15,18,21H,3,6,8-9,12H2,1-2H3. The number of aliphatic hydroxyl groups excluding tert-OH is 1. The summed E-state index contributed by atoms with van der Waals surface area (Å²) in [6.07, 6.45) is 3.85. The second kappa shape index (κ2) is 6.02. The first-order valence-electron chi connectivity index (χ1n) is 7.98. The third-order valence-electron chi connectivity index (χ3n) is 4.60. The molecule has 1 aromatic heterocycles. The van der Waals surface area contributed by atoms with E-state index in [-0.39, 0.29) is 12.0 Å². The van der Waals surface area contributed by atoms with Crippen LogP contribution in [-0.4, -0.2) is 14.9 Å². The molecule has 1 aliphatic rings. The maximum atomic E-state index is 10.8. The molecule has 1 heterocycles. The Morgan fingerprint density at radius 1 is 1.33 bits per heavy atom. The molecular formula is C18H24N2O. The van der Waals surface area contributed by atoms with Crippen LogP contribution in [0.15, 0.2) is 30.3 Å². The molecule has 0 aliphatic heterocycles. The van der Waals surface area contributed by atoms with Crippen molar-refractivity contribution < 1.29 is 5.11 Å². The van der Waals surface area contributed by atoms with Gasteiger partial charge in [0.05, 0.1) is 11.8 Å². The maximum Gasteiger partial charge on any atom is 0.0824 e. The summed E-state index contributed by atoms with van der Waals surface area (Å²) < 4.78 is 2.07. The predicted molar refractivity (Wildman–Crippen MR) is 84.2 cm³/mol. The highest BCUT2D eigenvalue weighted by Crippen LogP contribution is 2.35. The Labute approximate surface area is 126 Å². The van der Waals surface area contributed by atoms with Crippen LogP contribution < -0.4 is 0 Å². The van der Waals surface area contributed by atoms with Gasteiger partial charge in [0.1, 0.15) is 0 Å². The molecule has 1 aliphatic carbocycles. The Hall–Kier alpha value is -1.61. The minimum absolute atomic E-state index is 0.287. The summed E-state index contributed by atoms with van der Waals surface area (Å²) in [5.74, 6) is 0.287. The van der Waals surface area contributed by atoms with E-state index in [0.29, 0.717) is 0 Å². The highest BCUT2D eigenvalue weighted by molar-refractivity contribution is 5.31. The molecule has 3 rings (SSSR count).